The number of hydrogen-bond donors (Lipinski definition) is 1. The third-order valence-electron chi connectivity index (χ3n) is 2.80. The maximum absolute atomic E-state index is 12.8. The van der Waals surface area contributed by atoms with Gasteiger partial charge in [0.1, 0.15) is 11.5 Å². The van der Waals surface area contributed by atoms with Crippen LogP contribution in [0.4, 0.5) is 15.8 Å². The lowest BCUT2D eigenvalue weighted by Gasteiger charge is -2.07. The first-order valence-corrected chi connectivity index (χ1v) is 6.78. The lowest BCUT2D eigenvalue weighted by Crippen LogP contribution is -2.07. The molecule has 0 fully saturated rings. The molecule has 6 heteroatoms. The minimum Gasteiger partial charge on any atom is -0.379 e. The average molecular weight is 339 g/mol. The Morgan fingerprint density at radius 1 is 1.20 bits per heavy atom. The predicted molar refractivity (Wildman–Crippen MR) is 79.4 cm³/mol. The highest BCUT2D eigenvalue weighted by atomic mass is 79.9. The molecule has 0 amide bonds. The van der Waals surface area contributed by atoms with Crippen molar-refractivity contribution in [1.82, 2.24) is 0 Å². The molecule has 0 aliphatic carbocycles. The van der Waals surface area contributed by atoms with Crippen LogP contribution in [-0.2, 0) is 6.42 Å². The molecule has 0 bridgehead atoms. The molecule has 20 heavy (non-hydrogen) atoms. The molecule has 2 rings (SSSR count). The van der Waals surface area contributed by atoms with Gasteiger partial charge < -0.3 is 5.32 Å². The molecule has 0 aliphatic rings. The van der Waals surface area contributed by atoms with Gasteiger partial charge in [-0.1, -0.05) is 28.1 Å². The van der Waals surface area contributed by atoms with Gasteiger partial charge in [0.15, 0.2) is 0 Å². The molecule has 0 spiro atoms. The summed E-state index contributed by atoms with van der Waals surface area (Å²) >= 11 is 3.29. The zero-order valence-corrected chi connectivity index (χ0v) is 12.1. The number of rotatable bonds is 5. The van der Waals surface area contributed by atoms with Crippen molar-refractivity contribution in [3.05, 3.63) is 68.4 Å². The fourth-order valence-corrected chi connectivity index (χ4v) is 2.16. The van der Waals surface area contributed by atoms with Crippen LogP contribution >= 0.6 is 15.9 Å². The third-order valence-corrected chi connectivity index (χ3v) is 3.29. The minimum atomic E-state index is -0.424. The Morgan fingerprint density at radius 2 is 1.90 bits per heavy atom. The Bertz CT molecular complexity index is 617. The van der Waals surface area contributed by atoms with Crippen LogP contribution in [-0.4, -0.2) is 11.5 Å². The summed E-state index contributed by atoms with van der Waals surface area (Å²) in [6.07, 6.45) is 0.657. The van der Waals surface area contributed by atoms with Gasteiger partial charge in [-0.3, -0.25) is 10.1 Å². The highest BCUT2D eigenvalue weighted by Gasteiger charge is 2.13. The first kappa shape index (κ1) is 14.5. The largest absolute Gasteiger partial charge is 0.379 e. The van der Waals surface area contributed by atoms with Gasteiger partial charge in [0.25, 0.3) is 5.69 Å². The standard InChI is InChI=1S/C14H12BrFN2O2/c15-11-3-6-14(18(19)20)13(9-11)17-8-7-10-1-4-12(16)5-2-10/h1-6,9,17H,7-8H2. The minimum absolute atomic E-state index is 0.0345. The highest BCUT2D eigenvalue weighted by molar-refractivity contribution is 9.10. The number of halogens is 2. The molecule has 104 valence electrons. The number of nitro benzene ring substituents is 1. The Kier molecular flexibility index (Phi) is 4.68. The predicted octanol–water partition coefficient (Wildman–Crippen LogP) is 4.15. The molecule has 0 saturated heterocycles. The van der Waals surface area contributed by atoms with Crippen molar-refractivity contribution < 1.29 is 9.31 Å². The van der Waals surface area contributed by atoms with Crippen LogP contribution in [0.25, 0.3) is 0 Å². The molecule has 2 aromatic rings. The van der Waals surface area contributed by atoms with Crippen LogP contribution in [0, 0.1) is 15.9 Å². The molecule has 2 aromatic carbocycles. The van der Waals surface area contributed by atoms with E-state index in [1.165, 1.54) is 18.2 Å². The van der Waals surface area contributed by atoms with E-state index in [2.05, 4.69) is 21.2 Å². The molecule has 0 saturated carbocycles. The van der Waals surface area contributed by atoms with Crippen molar-refractivity contribution in [3.8, 4) is 0 Å². The van der Waals surface area contributed by atoms with E-state index in [0.29, 0.717) is 18.7 Å². The smallest absolute Gasteiger partial charge is 0.292 e. The summed E-state index contributed by atoms with van der Waals surface area (Å²) in [4.78, 5) is 10.5. The van der Waals surface area contributed by atoms with Gasteiger partial charge in [-0.15, -0.1) is 0 Å². The van der Waals surface area contributed by atoms with E-state index in [9.17, 15) is 14.5 Å². The normalized spacial score (nSPS) is 10.3. The van der Waals surface area contributed by atoms with Crippen molar-refractivity contribution in [2.75, 3.05) is 11.9 Å². The number of nitro groups is 1. The summed E-state index contributed by atoms with van der Waals surface area (Å²) in [6.45, 7) is 0.531. The molecule has 0 aromatic heterocycles. The molecule has 0 aliphatic heterocycles. The monoisotopic (exact) mass is 338 g/mol. The molecule has 0 radical (unpaired) electrons. The van der Waals surface area contributed by atoms with E-state index >= 15 is 0 Å². The number of anilines is 1. The van der Waals surface area contributed by atoms with E-state index in [0.717, 1.165) is 10.0 Å². The van der Waals surface area contributed by atoms with Gasteiger partial charge in [-0.05, 0) is 36.2 Å². The fraction of sp³-hybridized carbons (Fsp3) is 0.143. The van der Waals surface area contributed by atoms with Crippen LogP contribution in [0.1, 0.15) is 5.56 Å². The Balaban J connectivity index is 2.02. The van der Waals surface area contributed by atoms with Gasteiger partial charge in [0.2, 0.25) is 0 Å². The quantitative estimate of drug-likeness (QED) is 0.658. The van der Waals surface area contributed by atoms with E-state index in [1.54, 1.807) is 24.3 Å². The van der Waals surface area contributed by atoms with Crippen molar-refractivity contribution >= 4 is 27.3 Å². The van der Waals surface area contributed by atoms with Gasteiger partial charge in [-0.25, -0.2) is 4.39 Å². The van der Waals surface area contributed by atoms with E-state index in [4.69, 9.17) is 0 Å². The summed E-state index contributed by atoms with van der Waals surface area (Å²) in [7, 11) is 0. The first-order chi connectivity index (χ1) is 9.56. The van der Waals surface area contributed by atoms with Crippen molar-refractivity contribution in [1.29, 1.82) is 0 Å². The second kappa shape index (κ2) is 6.47. The molecular formula is C14H12BrFN2O2. The summed E-state index contributed by atoms with van der Waals surface area (Å²) in [5, 5.41) is 13.9. The lowest BCUT2D eigenvalue weighted by molar-refractivity contribution is -0.384. The van der Waals surface area contributed by atoms with Crippen molar-refractivity contribution in [2.24, 2.45) is 0 Å². The SMILES string of the molecule is O=[N+]([O-])c1ccc(Br)cc1NCCc1ccc(F)cc1. The molecular weight excluding hydrogens is 327 g/mol. The van der Waals surface area contributed by atoms with Crippen molar-refractivity contribution in [2.45, 2.75) is 6.42 Å². The summed E-state index contributed by atoms with van der Waals surface area (Å²) in [6, 6.07) is 10.9. The molecule has 1 N–H and O–H groups in total. The second-order valence-corrected chi connectivity index (χ2v) is 5.14. The zero-order chi connectivity index (χ0) is 14.5. The lowest BCUT2D eigenvalue weighted by atomic mass is 10.1. The van der Waals surface area contributed by atoms with Gasteiger partial charge in [-0.2, -0.15) is 0 Å². The first-order valence-electron chi connectivity index (χ1n) is 5.98. The van der Waals surface area contributed by atoms with E-state index < -0.39 is 4.92 Å². The zero-order valence-electron chi connectivity index (χ0n) is 10.5. The summed E-state index contributed by atoms with van der Waals surface area (Å²) in [5.74, 6) is -0.274. The maximum Gasteiger partial charge on any atom is 0.292 e. The fourth-order valence-electron chi connectivity index (χ4n) is 1.80. The highest BCUT2D eigenvalue weighted by Crippen LogP contribution is 2.27. The topological polar surface area (TPSA) is 55.2 Å². The van der Waals surface area contributed by atoms with Gasteiger partial charge in [0.05, 0.1) is 4.92 Å². The second-order valence-electron chi connectivity index (χ2n) is 4.22. The van der Waals surface area contributed by atoms with Gasteiger partial charge >= 0.3 is 0 Å². The van der Waals surface area contributed by atoms with Crippen LogP contribution < -0.4 is 5.32 Å². The Labute approximate surface area is 123 Å². The number of hydrogen-bond acceptors (Lipinski definition) is 3. The van der Waals surface area contributed by atoms with Crippen LogP contribution in [0.2, 0.25) is 0 Å². The number of nitrogens with one attached hydrogen (secondary N) is 1. The van der Waals surface area contributed by atoms with Crippen LogP contribution in [0.5, 0.6) is 0 Å². The number of benzene rings is 2. The average Bonchev–Trinajstić information content (AvgIpc) is 2.41. The summed E-state index contributed by atoms with van der Waals surface area (Å²) < 4.78 is 13.5. The molecule has 0 atom stereocenters. The molecule has 0 unspecified atom stereocenters. The van der Waals surface area contributed by atoms with E-state index in [1.807, 2.05) is 0 Å². The maximum atomic E-state index is 12.8. The van der Waals surface area contributed by atoms with Crippen LogP contribution in [0.15, 0.2) is 46.9 Å². The van der Waals surface area contributed by atoms with Crippen molar-refractivity contribution in [3.63, 3.8) is 0 Å². The molecule has 0 heterocycles. The number of nitrogens with zero attached hydrogens (tertiary/aromatic N) is 1. The third kappa shape index (κ3) is 3.77. The van der Waals surface area contributed by atoms with Crippen LogP contribution in [0.3, 0.4) is 0 Å². The Hall–Kier alpha value is -1.95. The molecule has 4 nitrogen and oxygen atoms in total. The van der Waals surface area contributed by atoms with Gasteiger partial charge in [0, 0.05) is 17.1 Å². The van der Waals surface area contributed by atoms with E-state index in [-0.39, 0.29) is 11.5 Å². The summed E-state index contributed by atoms with van der Waals surface area (Å²) in [5.41, 5.74) is 1.47. The Morgan fingerprint density at radius 3 is 2.55 bits per heavy atom.